The summed E-state index contributed by atoms with van der Waals surface area (Å²) in [7, 11) is -7.36. The largest absolute Gasteiger partial charge is 0.411 e. The number of sulfonamides is 1. The molecular formula is C12H14FN3O5S2. The highest BCUT2D eigenvalue weighted by atomic mass is 32.2. The van der Waals surface area contributed by atoms with Crippen LogP contribution < -0.4 is 4.72 Å². The van der Waals surface area contributed by atoms with E-state index in [4.69, 9.17) is 4.42 Å². The third-order valence-corrected chi connectivity index (χ3v) is 5.56. The van der Waals surface area contributed by atoms with Crippen molar-refractivity contribution in [2.45, 2.75) is 24.4 Å². The number of sulfone groups is 1. The van der Waals surface area contributed by atoms with Crippen molar-refractivity contribution >= 4 is 19.9 Å². The number of nitrogens with one attached hydrogen (secondary N) is 1. The fourth-order valence-corrected chi connectivity index (χ4v) is 3.26. The van der Waals surface area contributed by atoms with Gasteiger partial charge in [-0.25, -0.2) is 25.9 Å². The fourth-order valence-electron chi connectivity index (χ4n) is 1.57. The van der Waals surface area contributed by atoms with Gasteiger partial charge in [0.15, 0.2) is 0 Å². The molecule has 0 aliphatic rings. The molecule has 0 aliphatic heterocycles. The van der Waals surface area contributed by atoms with Crippen LogP contribution in [-0.4, -0.2) is 32.8 Å². The van der Waals surface area contributed by atoms with E-state index in [0.29, 0.717) is 5.56 Å². The first-order valence-electron chi connectivity index (χ1n) is 6.49. The second-order valence-electron chi connectivity index (χ2n) is 4.57. The smallest absolute Gasteiger partial charge is 0.335 e. The molecule has 23 heavy (non-hydrogen) atoms. The van der Waals surface area contributed by atoms with Crippen molar-refractivity contribution in [2.24, 2.45) is 0 Å². The maximum Gasteiger partial charge on any atom is 0.335 e. The number of nitrogens with zero attached hydrogens (tertiary/aromatic N) is 2. The van der Waals surface area contributed by atoms with Gasteiger partial charge in [-0.3, -0.25) is 0 Å². The van der Waals surface area contributed by atoms with Crippen molar-refractivity contribution in [2.75, 3.05) is 5.75 Å². The van der Waals surface area contributed by atoms with Crippen molar-refractivity contribution in [3.8, 4) is 0 Å². The molecule has 2 aromatic rings. The number of benzene rings is 1. The predicted molar refractivity (Wildman–Crippen MR) is 77.9 cm³/mol. The summed E-state index contributed by atoms with van der Waals surface area (Å²) in [4.78, 5) is 0. The van der Waals surface area contributed by atoms with Crippen molar-refractivity contribution in [3.63, 3.8) is 0 Å². The summed E-state index contributed by atoms with van der Waals surface area (Å²) >= 11 is 0. The summed E-state index contributed by atoms with van der Waals surface area (Å²) in [6.07, 6.45) is 0. The lowest BCUT2D eigenvalue weighted by Gasteiger charge is -2.01. The maximum atomic E-state index is 12.8. The number of hydrogen-bond donors (Lipinski definition) is 1. The Kier molecular flexibility index (Phi) is 5.12. The van der Waals surface area contributed by atoms with Crippen LogP contribution >= 0.6 is 0 Å². The molecule has 0 fully saturated rings. The van der Waals surface area contributed by atoms with E-state index in [2.05, 4.69) is 14.9 Å². The van der Waals surface area contributed by atoms with Crippen LogP contribution in [0.15, 0.2) is 33.9 Å². The van der Waals surface area contributed by atoms with Crippen LogP contribution in [0.1, 0.15) is 18.4 Å². The van der Waals surface area contributed by atoms with E-state index in [1.54, 1.807) is 0 Å². The molecule has 0 amide bonds. The molecule has 0 spiro atoms. The molecule has 8 nitrogen and oxygen atoms in total. The zero-order valence-corrected chi connectivity index (χ0v) is 13.7. The molecule has 0 bridgehead atoms. The molecule has 0 aliphatic carbocycles. The molecule has 0 unspecified atom stereocenters. The molecule has 0 saturated heterocycles. The Labute approximate surface area is 132 Å². The summed E-state index contributed by atoms with van der Waals surface area (Å²) in [5.41, 5.74) is 0.359. The quantitative estimate of drug-likeness (QED) is 0.766. The number of rotatable bonds is 7. The molecular weight excluding hydrogens is 349 g/mol. The van der Waals surface area contributed by atoms with Crippen LogP contribution in [0.25, 0.3) is 0 Å². The highest BCUT2D eigenvalue weighted by molar-refractivity contribution is 7.90. The minimum Gasteiger partial charge on any atom is -0.411 e. The van der Waals surface area contributed by atoms with E-state index in [1.165, 1.54) is 19.1 Å². The second-order valence-corrected chi connectivity index (χ2v) is 8.53. The van der Waals surface area contributed by atoms with Gasteiger partial charge in [0, 0.05) is 0 Å². The third kappa shape index (κ3) is 4.81. The first-order chi connectivity index (χ1) is 10.7. The van der Waals surface area contributed by atoms with Gasteiger partial charge in [0.25, 0.3) is 0 Å². The minimum atomic E-state index is -3.90. The Hall–Kier alpha value is -1.85. The Bertz CT molecular complexity index is 876. The molecule has 1 heterocycles. The molecule has 2 rings (SSSR count). The summed E-state index contributed by atoms with van der Waals surface area (Å²) < 4.78 is 66.8. The van der Waals surface area contributed by atoms with Crippen LogP contribution in [0.3, 0.4) is 0 Å². The summed E-state index contributed by atoms with van der Waals surface area (Å²) in [6, 6.07) is 4.95. The Morgan fingerprint density at radius 2 is 1.78 bits per heavy atom. The van der Waals surface area contributed by atoms with E-state index >= 15 is 0 Å². The third-order valence-electron chi connectivity index (χ3n) is 2.81. The molecule has 1 aromatic carbocycles. The zero-order chi connectivity index (χ0) is 17.1. The molecule has 1 aromatic heterocycles. The first kappa shape index (κ1) is 17.5. The average Bonchev–Trinajstić information content (AvgIpc) is 2.97. The maximum absolute atomic E-state index is 12.8. The lowest BCUT2D eigenvalue weighted by atomic mass is 10.2. The van der Waals surface area contributed by atoms with Crippen molar-refractivity contribution < 1.29 is 25.6 Å². The van der Waals surface area contributed by atoms with Crippen molar-refractivity contribution in [3.05, 3.63) is 41.5 Å². The van der Waals surface area contributed by atoms with Crippen molar-refractivity contribution in [1.82, 2.24) is 14.9 Å². The van der Waals surface area contributed by atoms with Gasteiger partial charge in [0.05, 0.1) is 18.1 Å². The molecule has 11 heteroatoms. The molecule has 0 atom stereocenters. The SMILES string of the molecule is CCS(=O)(=O)NCc1nnc(S(=O)(=O)Cc2ccc(F)cc2)o1. The van der Waals surface area contributed by atoms with Gasteiger partial charge in [-0.05, 0) is 24.6 Å². The van der Waals surface area contributed by atoms with Crippen LogP contribution in [0.5, 0.6) is 0 Å². The van der Waals surface area contributed by atoms with Gasteiger partial charge in [0.2, 0.25) is 25.8 Å². The topological polar surface area (TPSA) is 119 Å². The highest BCUT2D eigenvalue weighted by Crippen LogP contribution is 2.15. The predicted octanol–water partition coefficient (Wildman–Crippen LogP) is 0.622. The zero-order valence-electron chi connectivity index (χ0n) is 12.1. The highest BCUT2D eigenvalue weighted by Gasteiger charge is 2.23. The Balaban J connectivity index is 2.10. The molecule has 126 valence electrons. The normalized spacial score (nSPS) is 12.4. The lowest BCUT2D eigenvalue weighted by Crippen LogP contribution is -2.24. The van der Waals surface area contributed by atoms with Crippen LogP contribution in [0.4, 0.5) is 4.39 Å². The summed E-state index contributed by atoms with van der Waals surface area (Å²) in [5.74, 6) is -1.21. The van der Waals surface area contributed by atoms with Crippen LogP contribution in [-0.2, 0) is 32.2 Å². The van der Waals surface area contributed by atoms with Gasteiger partial charge >= 0.3 is 5.22 Å². The Morgan fingerprint density at radius 3 is 2.39 bits per heavy atom. The van der Waals surface area contributed by atoms with Crippen LogP contribution in [0, 0.1) is 5.82 Å². The molecule has 1 N–H and O–H groups in total. The number of halogens is 1. The van der Waals surface area contributed by atoms with Crippen LogP contribution in [0.2, 0.25) is 0 Å². The number of aromatic nitrogens is 2. The summed E-state index contributed by atoms with van der Waals surface area (Å²) in [5, 5.41) is 6.29. The molecule has 0 saturated carbocycles. The number of hydrogen-bond acceptors (Lipinski definition) is 7. The van der Waals surface area contributed by atoms with E-state index < -0.39 is 36.7 Å². The van der Waals surface area contributed by atoms with Gasteiger partial charge in [-0.15, -0.1) is 5.10 Å². The minimum absolute atomic E-state index is 0.128. The van der Waals surface area contributed by atoms with E-state index in [-0.39, 0.29) is 18.2 Å². The average molecular weight is 363 g/mol. The van der Waals surface area contributed by atoms with E-state index in [0.717, 1.165) is 12.1 Å². The monoisotopic (exact) mass is 363 g/mol. The van der Waals surface area contributed by atoms with Gasteiger partial charge in [-0.1, -0.05) is 17.2 Å². The standard InChI is InChI=1S/C12H14FN3O5S2/c1-2-23(19,20)14-7-11-15-16-12(21-11)22(17,18)8-9-3-5-10(13)6-4-9/h3-6,14H,2,7-8H2,1H3. The lowest BCUT2D eigenvalue weighted by molar-refractivity contribution is 0.393. The first-order valence-corrected chi connectivity index (χ1v) is 9.79. The second kappa shape index (κ2) is 6.72. The van der Waals surface area contributed by atoms with Gasteiger partial charge in [-0.2, -0.15) is 0 Å². The Morgan fingerprint density at radius 1 is 1.13 bits per heavy atom. The summed E-state index contributed by atoms with van der Waals surface area (Å²) in [6.45, 7) is 1.16. The van der Waals surface area contributed by atoms with E-state index in [9.17, 15) is 21.2 Å². The van der Waals surface area contributed by atoms with Gasteiger partial charge in [0.1, 0.15) is 5.82 Å². The van der Waals surface area contributed by atoms with Gasteiger partial charge < -0.3 is 4.42 Å². The molecule has 0 radical (unpaired) electrons. The fraction of sp³-hybridized carbons (Fsp3) is 0.333. The van der Waals surface area contributed by atoms with Crippen molar-refractivity contribution in [1.29, 1.82) is 0 Å². The van der Waals surface area contributed by atoms with E-state index in [1.807, 2.05) is 0 Å².